The Hall–Kier alpha value is -3.28. The Kier molecular flexibility index (Phi) is 4.32. The lowest BCUT2D eigenvalue weighted by molar-refractivity contribution is 0.0630. The Morgan fingerprint density at radius 3 is 2.30 bits per heavy atom. The first kappa shape index (κ1) is 17.1. The highest BCUT2D eigenvalue weighted by molar-refractivity contribution is 5.97. The van der Waals surface area contributed by atoms with E-state index in [0.29, 0.717) is 30.0 Å². The third-order valence-electron chi connectivity index (χ3n) is 4.93. The summed E-state index contributed by atoms with van der Waals surface area (Å²) in [7, 11) is 0. The van der Waals surface area contributed by atoms with Gasteiger partial charge in [-0.1, -0.05) is 42.5 Å². The number of ketones is 1. The molecule has 1 aromatic heterocycles. The van der Waals surface area contributed by atoms with E-state index in [4.69, 9.17) is 0 Å². The maximum atomic E-state index is 13.0. The van der Waals surface area contributed by atoms with Gasteiger partial charge >= 0.3 is 0 Å². The number of hydrogen-bond donors (Lipinski definition) is 0. The topological polar surface area (TPSA) is 68.1 Å². The lowest BCUT2D eigenvalue weighted by atomic mass is 10.1. The number of benzene rings is 2. The van der Waals surface area contributed by atoms with Crippen molar-refractivity contribution in [3.8, 4) is 11.4 Å². The number of Topliss-reactive ketones (excluding diaryl/α,β-unsaturated/α-hetero) is 1. The number of carbonyl (C=O) groups excluding carboxylic acids is 2. The molecule has 0 N–H and O–H groups in total. The van der Waals surface area contributed by atoms with Gasteiger partial charge in [0.05, 0.1) is 12.6 Å². The third kappa shape index (κ3) is 3.14. The summed E-state index contributed by atoms with van der Waals surface area (Å²) in [5.41, 5.74) is 2.14. The predicted octanol–water partition coefficient (Wildman–Crippen LogP) is 3.36. The van der Waals surface area contributed by atoms with Gasteiger partial charge in [0.1, 0.15) is 5.82 Å². The first-order chi connectivity index (χ1) is 13.0. The van der Waals surface area contributed by atoms with Gasteiger partial charge in [-0.05, 0) is 26.0 Å². The van der Waals surface area contributed by atoms with Crippen LogP contribution in [-0.4, -0.2) is 37.9 Å². The van der Waals surface area contributed by atoms with E-state index in [-0.39, 0.29) is 17.7 Å². The molecule has 1 aliphatic heterocycles. The zero-order valence-electron chi connectivity index (χ0n) is 15.3. The summed E-state index contributed by atoms with van der Waals surface area (Å²) in [6.45, 7) is 4.66. The van der Waals surface area contributed by atoms with Crippen molar-refractivity contribution in [1.29, 1.82) is 0 Å². The van der Waals surface area contributed by atoms with Crippen LogP contribution in [0.4, 0.5) is 0 Å². The van der Waals surface area contributed by atoms with Crippen molar-refractivity contribution >= 4 is 11.7 Å². The molecule has 136 valence electrons. The Bertz CT molecular complexity index is 993. The van der Waals surface area contributed by atoms with Crippen molar-refractivity contribution in [2.75, 3.05) is 6.54 Å². The second-order valence-electron chi connectivity index (χ2n) is 6.69. The van der Waals surface area contributed by atoms with E-state index in [0.717, 1.165) is 11.4 Å². The van der Waals surface area contributed by atoms with Gasteiger partial charge in [0, 0.05) is 23.2 Å². The van der Waals surface area contributed by atoms with Gasteiger partial charge in [-0.2, -0.15) is 5.10 Å². The molecule has 1 atom stereocenters. The molecular weight excluding hydrogens is 340 g/mol. The van der Waals surface area contributed by atoms with Crippen LogP contribution in [0.2, 0.25) is 0 Å². The molecule has 0 fully saturated rings. The predicted molar refractivity (Wildman–Crippen MR) is 101 cm³/mol. The van der Waals surface area contributed by atoms with Crippen molar-refractivity contribution in [2.45, 2.75) is 26.4 Å². The quantitative estimate of drug-likeness (QED) is 0.672. The molecule has 6 heteroatoms. The van der Waals surface area contributed by atoms with Crippen LogP contribution in [0.15, 0.2) is 54.6 Å². The van der Waals surface area contributed by atoms with Gasteiger partial charge in [0.2, 0.25) is 0 Å². The van der Waals surface area contributed by atoms with Gasteiger partial charge in [-0.3, -0.25) is 9.59 Å². The highest BCUT2D eigenvalue weighted by Gasteiger charge is 2.31. The van der Waals surface area contributed by atoms with Gasteiger partial charge in [-0.25, -0.2) is 9.67 Å². The van der Waals surface area contributed by atoms with Crippen LogP contribution in [-0.2, 0) is 6.54 Å². The van der Waals surface area contributed by atoms with Crippen molar-refractivity contribution in [3.05, 3.63) is 71.5 Å². The van der Waals surface area contributed by atoms with Crippen molar-refractivity contribution in [2.24, 2.45) is 0 Å². The molecule has 0 unspecified atom stereocenters. The molecule has 1 amide bonds. The Labute approximate surface area is 157 Å². The average Bonchev–Trinajstić information content (AvgIpc) is 3.14. The Morgan fingerprint density at radius 2 is 1.63 bits per heavy atom. The smallest absolute Gasteiger partial charge is 0.254 e. The lowest BCUT2D eigenvalue weighted by Gasteiger charge is -2.33. The molecule has 0 bridgehead atoms. The van der Waals surface area contributed by atoms with Gasteiger partial charge in [0.15, 0.2) is 11.6 Å². The molecule has 0 saturated carbocycles. The first-order valence-corrected chi connectivity index (χ1v) is 8.97. The minimum Gasteiger partial charge on any atom is -0.327 e. The van der Waals surface area contributed by atoms with Gasteiger partial charge in [0.25, 0.3) is 5.91 Å². The number of hydrogen-bond acceptors (Lipinski definition) is 4. The third-order valence-corrected chi connectivity index (χ3v) is 4.93. The fourth-order valence-electron chi connectivity index (χ4n) is 3.36. The average molecular weight is 360 g/mol. The number of carbonyl (C=O) groups is 2. The Morgan fingerprint density at radius 1 is 0.963 bits per heavy atom. The zero-order valence-corrected chi connectivity index (χ0v) is 15.3. The number of rotatable bonds is 3. The van der Waals surface area contributed by atoms with E-state index in [9.17, 15) is 9.59 Å². The summed E-state index contributed by atoms with van der Waals surface area (Å²) in [4.78, 5) is 30.9. The maximum absolute atomic E-state index is 13.0. The largest absolute Gasteiger partial charge is 0.327 e. The van der Waals surface area contributed by atoms with Crippen LogP contribution in [0.3, 0.4) is 0 Å². The molecule has 3 aromatic rings. The standard InChI is InChI=1S/C21H20N4O2/c1-14-20-22-19(17-6-4-3-5-7-17)23-25(20)13-12-24(14)21(27)18-10-8-16(9-11-18)15(2)26/h3-11,14H,12-13H2,1-2H3/t14-/m0/s1. The lowest BCUT2D eigenvalue weighted by Crippen LogP contribution is -2.41. The van der Waals surface area contributed by atoms with Crippen LogP contribution >= 0.6 is 0 Å². The van der Waals surface area contributed by atoms with Gasteiger partial charge in [-0.15, -0.1) is 0 Å². The summed E-state index contributed by atoms with van der Waals surface area (Å²) in [5, 5.41) is 4.60. The second-order valence-corrected chi connectivity index (χ2v) is 6.69. The summed E-state index contributed by atoms with van der Waals surface area (Å²) in [6, 6.07) is 16.5. The van der Waals surface area contributed by atoms with Gasteiger partial charge < -0.3 is 4.90 Å². The normalized spacial score (nSPS) is 16.1. The van der Waals surface area contributed by atoms with E-state index < -0.39 is 0 Å². The zero-order chi connectivity index (χ0) is 19.0. The molecule has 0 radical (unpaired) electrons. The molecule has 4 rings (SSSR count). The summed E-state index contributed by atoms with van der Waals surface area (Å²) in [5.74, 6) is 1.39. The van der Waals surface area contributed by atoms with E-state index in [1.54, 1.807) is 24.3 Å². The van der Waals surface area contributed by atoms with Crippen molar-refractivity contribution in [1.82, 2.24) is 19.7 Å². The van der Waals surface area contributed by atoms with E-state index in [1.807, 2.05) is 46.8 Å². The minimum atomic E-state index is -0.177. The number of fused-ring (bicyclic) bond motifs is 1. The van der Waals surface area contributed by atoms with Crippen LogP contribution in [0.25, 0.3) is 11.4 Å². The maximum Gasteiger partial charge on any atom is 0.254 e. The molecule has 1 aliphatic rings. The second kappa shape index (κ2) is 6.79. The highest BCUT2D eigenvalue weighted by atomic mass is 16.2. The van der Waals surface area contributed by atoms with Crippen LogP contribution in [0.1, 0.15) is 46.4 Å². The van der Waals surface area contributed by atoms with Crippen LogP contribution in [0.5, 0.6) is 0 Å². The molecule has 0 aliphatic carbocycles. The van der Waals surface area contributed by atoms with E-state index in [1.165, 1.54) is 6.92 Å². The monoisotopic (exact) mass is 360 g/mol. The van der Waals surface area contributed by atoms with Crippen LogP contribution < -0.4 is 0 Å². The number of nitrogens with zero attached hydrogens (tertiary/aromatic N) is 4. The molecule has 27 heavy (non-hydrogen) atoms. The fraction of sp³-hybridized carbons (Fsp3) is 0.238. The van der Waals surface area contributed by atoms with E-state index in [2.05, 4.69) is 10.1 Å². The fourth-order valence-corrected chi connectivity index (χ4v) is 3.36. The van der Waals surface area contributed by atoms with Crippen molar-refractivity contribution in [3.63, 3.8) is 0 Å². The van der Waals surface area contributed by atoms with E-state index >= 15 is 0 Å². The van der Waals surface area contributed by atoms with Crippen molar-refractivity contribution < 1.29 is 9.59 Å². The highest BCUT2D eigenvalue weighted by Crippen LogP contribution is 2.27. The van der Waals surface area contributed by atoms with Crippen LogP contribution in [0, 0.1) is 0 Å². The number of aromatic nitrogens is 3. The SMILES string of the molecule is CC(=O)c1ccc(C(=O)N2CCn3nc(-c4ccccc4)nc3[C@@H]2C)cc1. The first-order valence-electron chi connectivity index (χ1n) is 8.97. The molecule has 2 heterocycles. The molecular formula is C21H20N4O2. The molecule has 2 aromatic carbocycles. The Balaban J connectivity index is 1.59. The number of amides is 1. The molecule has 6 nitrogen and oxygen atoms in total. The minimum absolute atomic E-state index is 0.0121. The summed E-state index contributed by atoms with van der Waals surface area (Å²) < 4.78 is 1.88. The molecule has 0 spiro atoms. The summed E-state index contributed by atoms with van der Waals surface area (Å²) >= 11 is 0. The molecule has 0 saturated heterocycles. The summed E-state index contributed by atoms with van der Waals surface area (Å²) in [6.07, 6.45) is 0.